The van der Waals surface area contributed by atoms with Gasteiger partial charge in [0.05, 0.1) is 11.4 Å². The molecule has 2 amide bonds. The second-order valence-corrected chi connectivity index (χ2v) is 6.41. The van der Waals surface area contributed by atoms with Crippen LogP contribution in [0.15, 0.2) is 59.7 Å². The first-order chi connectivity index (χ1) is 12.1. The zero-order valence-corrected chi connectivity index (χ0v) is 13.8. The highest BCUT2D eigenvalue weighted by molar-refractivity contribution is 8.15. The number of para-hydroxylation sites is 2. The maximum Gasteiger partial charge on any atom is 0.240 e. The molecule has 1 saturated heterocycles. The highest BCUT2D eigenvalue weighted by Gasteiger charge is 2.32. The SMILES string of the molecule is O=C(C[C@@H]1S/C(=N/Nc2ccccc2)NC1=O)Nc1ccccc1F. The Hall–Kier alpha value is -2.87. The summed E-state index contributed by atoms with van der Waals surface area (Å²) in [6.45, 7) is 0. The van der Waals surface area contributed by atoms with Gasteiger partial charge in [0.25, 0.3) is 0 Å². The average molecular weight is 358 g/mol. The molecule has 6 nitrogen and oxygen atoms in total. The number of hydrogen-bond acceptors (Lipinski definition) is 5. The minimum Gasteiger partial charge on any atom is -0.324 e. The van der Waals surface area contributed by atoms with E-state index in [2.05, 4.69) is 21.2 Å². The fraction of sp³-hybridized carbons (Fsp3) is 0.118. The normalized spacial score (nSPS) is 18.0. The average Bonchev–Trinajstić information content (AvgIpc) is 2.96. The maximum atomic E-state index is 13.5. The van der Waals surface area contributed by atoms with Gasteiger partial charge in [-0.3, -0.25) is 15.0 Å². The van der Waals surface area contributed by atoms with Gasteiger partial charge in [-0.1, -0.05) is 42.1 Å². The van der Waals surface area contributed by atoms with Gasteiger partial charge in [0.15, 0.2) is 5.17 Å². The highest BCUT2D eigenvalue weighted by atomic mass is 32.2. The summed E-state index contributed by atoms with van der Waals surface area (Å²) in [6.07, 6.45) is -0.0742. The molecule has 2 aromatic rings. The van der Waals surface area contributed by atoms with Gasteiger partial charge in [-0.25, -0.2) is 4.39 Å². The van der Waals surface area contributed by atoms with E-state index in [9.17, 15) is 14.0 Å². The Labute approximate surface area is 147 Å². The number of benzene rings is 2. The van der Waals surface area contributed by atoms with Gasteiger partial charge in [-0.15, -0.1) is 5.10 Å². The number of thioether (sulfide) groups is 1. The molecule has 3 rings (SSSR count). The van der Waals surface area contributed by atoms with Crippen molar-refractivity contribution in [3.8, 4) is 0 Å². The van der Waals surface area contributed by atoms with E-state index in [-0.39, 0.29) is 18.0 Å². The minimum atomic E-state index is -0.608. The van der Waals surface area contributed by atoms with Gasteiger partial charge in [0, 0.05) is 6.42 Å². The van der Waals surface area contributed by atoms with Gasteiger partial charge in [0.2, 0.25) is 11.8 Å². The van der Waals surface area contributed by atoms with Crippen LogP contribution >= 0.6 is 11.8 Å². The Morgan fingerprint density at radius 3 is 2.64 bits per heavy atom. The van der Waals surface area contributed by atoms with Crippen molar-refractivity contribution in [3.63, 3.8) is 0 Å². The van der Waals surface area contributed by atoms with Gasteiger partial charge in [0.1, 0.15) is 11.1 Å². The molecule has 1 aliphatic heterocycles. The van der Waals surface area contributed by atoms with Crippen molar-refractivity contribution in [2.24, 2.45) is 5.10 Å². The summed E-state index contributed by atoms with van der Waals surface area (Å²) in [5.74, 6) is -1.26. The summed E-state index contributed by atoms with van der Waals surface area (Å²) in [5.41, 5.74) is 3.71. The van der Waals surface area contributed by atoms with E-state index in [4.69, 9.17) is 0 Å². The first-order valence-corrected chi connectivity index (χ1v) is 8.40. The lowest BCUT2D eigenvalue weighted by molar-refractivity contribution is -0.122. The molecule has 1 aliphatic rings. The first kappa shape index (κ1) is 17.0. The summed E-state index contributed by atoms with van der Waals surface area (Å²) < 4.78 is 13.5. The maximum absolute atomic E-state index is 13.5. The molecule has 0 spiro atoms. The van der Waals surface area contributed by atoms with Gasteiger partial charge < -0.3 is 10.6 Å². The summed E-state index contributed by atoms with van der Waals surface area (Å²) in [7, 11) is 0. The molecular weight excluding hydrogens is 343 g/mol. The van der Waals surface area contributed by atoms with Crippen LogP contribution in [-0.4, -0.2) is 22.2 Å². The van der Waals surface area contributed by atoms with Gasteiger partial charge in [-0.05, 0) is 24.3 Å². The molecule has 0 radical (unpaired) electrons. The highest BCUT2D eigenvalue weighted by Crippen LogP contribution is 2.23. The number of amides is 2. The largest absolute Gasteiger partial charge is 0.324 e. The van der Waals surface area contributed by atoms with Crippen LogP contribution in [0.5, 0.6) is 0 Å². The van der Waals surface area contributed by atoms with Gasteiger partial charge in [-0.2, -0.15) is 0 Å². The number of hydrazone groups is 1. The Morgan fingerprint density at radius 2 is 1.88 bits per heavy atom. The quantitative estimate of drug-likeness (QED) is 0.718. The first-order valence-electron chi connectivity index (χ1n) is 7.52. The third-order valence-electron chi connectivity index (χ3n) is 3.36. The molecule has 2 aromatic carbocycles. The molecule has 1 fully saturated rings. The summed E-state index contributed by atoms with van der Waals surface area (Å²) in [5, 5.41) is 8.96. The molecule has 0 aromatic heterocycles. The smallest absolute Gasteiger partial charge is 0.240 e. The van der Waals surface area contributed by atoms with E-state index in [1.165, 1.54) is 18.2 Å². The third-order valence-corrected chi connectivity index (χ3v) is 4.44. The number of carbonyl (C=O) groups is 2. The number of hydrogen-bond donors (Lipinski definition) is 3. The third kappa shape index (κ3) is 4.57. The summed E-state index contributed by atoms with van der Waals surface area (Å²) in [6, 6.07) is 15.2. The second-order valence-electron chi connectivity index (χ2n) is 5.22. The summed E-state index contributed by atoms with van der Waals surface area (Å²) >= 11 is 1.15. The van der Waals surface area contributed by atoms with Crippen LogP contribution in [-0.2, 0) is 9.59 Å². The van der Waals surface area contributed by atoms with Crippen molar-refractivity contribution in [2.45, 2.75) is 11.7 Å². The van der Waals surface area contributed by atoms with E-state index >= 15 is 0 Å². The Balaban J connectivity index is 1.56. The van der Waals surface area contributed by atoms with Crippen molar-refractivity contribution >= 4 is 40.1 Å². The number of nitrogens with one attached hydrogen (secondary N) is 3. The van der Waals surface area contributed by atoms with Crippen LogP contribution in [0.4, 0.5) is 15.8 Å². The zero-order chi connectivity index (χ0) is 17.6. The Bertz CT molecular complexity index is 813. The van der Waals surface area contributed by atoms with Crippen LogP contribution in [0.25, 0.3) is 0 Å². The second kappa shape index (κ2) is 7.80. The molecule has 0 bridgehead atoms. The Kier molecular flexibility index (Phi) is 5.30. The van der Waals surface area contributed by atoms with Crippen molar-refractivity contribution in [1.82, 2.24) is 5.32 Å². The molecular formula is C17H15FN4O2S. The molecule has 0 aliphatic carbocycles. The van der Waals surface area contributed by atoms with Gasteiger partial charge >= 0.3 is 0 Å². The zero-order valence-electron chi connectivity index (χ0n) is 13.0. The van der Waals surface area contributed by atoms with E-state index in [1.807, 2.05) is 30.3 Å². The molecule has 128 valence electrons. The van der Waals surface area contributed by atoms with Crippen molar-refractivity contribution in [3.05, 3.63) is 60.4 Å². The summed E-state index contributed by atoms with van der Waals surface area (Å²) in [4.78, 5) is 24.0. The van der Waals surface area contributed by atoms with E-state index in [0.717, 1.165) is 17.4 Å². The van der Waals surface area contributed by atoms with Crippen molar-refractivity contribution in [2.75, 3.05) is 10.7 Å². The number of anilines is 2. The monoisotopic (exact) mass is 358 g/mol. The molecule has 25 heavy (non-hydrogen) atoms. The standard InChI is InChI=1S/C17H15FN4O2S/c18-12-8-4-5-9-13(12)19-15(23)10-14-16(24)20-17(25-14)22-21-11-6-2-1-3-7-11/h1-9,14,21H,10H2,(H,19,23)(H,20,22,24)/t14-/m0/s1. The lowest BCUT2D eigenvalue weighted by atomic mass is 10.2. The van der Waals surface area contributed by atoms with Crippen LogP contribution in [0.3, 0.4) is 0 Å². The predicted molar refractivity (Wildman–Crippen MR) is 96.7 cm³/mol. The molecule has 1 atom stereocenters. The van der Waals surface area contributed by atoms with E-state index in [0.29, 0.717) is 5.17 Å². The van der Waals surface area contributed by atoms with Crippen LogP contribution < -0.4 is 16.1 Å². The minimum absolute atomic E-state index is 0.0742. The van der Waals surface area contributed by atoms with Crippen LogP contribution in [0.2, 0.25) is 0 Å². The fourth-order valence-electron chi connectivity index (χ4n) is 2.15. The number of carbonyl (C=O) groups excluding carboxylic acids is 2. The number of amidine groups is 1. The van der Waals surface area contributed by atoms with Crippen molar-refractivity contribution < 1.29 is 14.0 Å². The molecule has 1 heterocycles. The number of nitrogens with zero attached hydrogens (tertiary/aromatic N) is 1. The lowest BCUT2D eigenvalue weighted by Crippen LogP contribution is -2.28. The molecule has 0 saturated carbocycles. The predicted octanol–water partition coefficient (Wildman–Crippen LogP) is 2.77. The van der Waals surface area contributed by atoms with Crippen LogP contribution in [0, 0.1) is 5.82 Å². The van der Waals surface area contributed by atoms with Crippen LogP contribution in [0.1, 0.15) is 6.42 Å². The topological polar surface area (TPSA) is 82.6 Å². The molecule has 3 N–H and O–H groups in total. The molecule has 0 unspecified atom stereocenters. The number of halogens is 1. The lowest BCUT2D eigenvalue weighted by Gasteiger charge is -2.08. The van der Waals surface area contributed by atoms with Crippen molar-refractivity contribution in [1.29, 1.82) is 0 Å². The number of rotatable bonds is 5. The van der Waals surface area contributed by atoms with E-state index in [1.54, 1.807) is 6.07 Å². The molecule has 8 heteroatoms. The fourth-order valence-corrected chi connectivity index (χ4v) is 3.08. The Morgan fingerprint density at radius 1 is 1.16 bits per heavy atom. The van der Waals surface area contributed by atoms with E-state index < -0.39 is 17.0 Å².